The molecule has 1 aliphatic heterocycles. The van der Waals surface area contributed by atoms with Crippen LogP contribution >= 0.6 is 11.3 Å². The second-order valence-corrected chi connectivity index (χ2v) is 7.36. The van der Waals surface area contributed by atoms with Crippen LogP contribution in [0.2, 0.25) is 0 Å². The van der Waals surface area contributed by atoms with Crippen LogP contribution in [-0.2, 0) is 6.42 Å². The van der Waals surface area contributed by atoms with Gasteiger partial charge in [0.05, 0.1) is 5.56 Å². The quantitative estimate of drug-likeness (QED) is 0.678. The zero-order valence-corrected chi connectivity index (χ0v) is 14.9. The van der Waals surface area contributed by atoms with Crippen LogP contribution < -0.4 is 10.2 Å². The third kappa shape index (κ3) is 2.94. The Labute approximate surface area is 151 Å². The molecule has 1 aromatic heterocycles. The van der Waals surface area contributed by atoms with Crippen molar-refractivity contribution in [2.45, 2.75) is 25.9 Å². The summed E-state index contributed by atoms with van der Waals surface area (Å²) in [5.41, 5.74) is 2.52. The zero-order valence-electron chi connectivity index (χ0n) is 14.1. The molecule has 4 rings (SSSR count). The van der Waals surface area contributed by atoms with Crippen molar-refractivity contribution in [3.8, 4) is 0 Å². The van der Waals surface area contributed by atoms with E-state index in [1.165, 1.54) is 4.88 Å². The Morgan fingerprint density at radius 3 is 2.56 bits per heavy atom. The van der Waals surface area contributed by atoms with E-state index in [-0.39, 0.29) is 12.1 Å². The summed E-state index contributed by atoms with van der Waals surface area (Å²) in [5.74, 6) is 0.0380. The Bertz CT molecular complexity index is 888. The van der Waals surface area contributed by atoms with Crippen LogP contribution in [0.1, 0.15) is 39.6 Å². The number of anilines is 2. The van der Waals surface area contributed by atoms with E-state index < -0.39 is 0 Å². The van der Waals surface area contributed by atoms with Gasteiger partial charge in [-0.2, -0.15) is 0 Å². The van der Waals surface area contributed by atoms with Gasteiger partial charge in [-0.05, 0) is 42.8 Å². The molecule has 0 aliphatic carbocycles. The number of nitrogens with zero attached hydrogens (tertiary/aromatic N) is 1. The Morgan fingerprint density at radius 1 is 1.00 bits per heavy atom. The van der Waals surface area contributed by atoms with Crippen molar-refractivity contribution in [3.63, 3.8) is 0 Å². The standard InChI is InChI=1S/C21H20N2OS/c1-2-8-16-13-14-19(25-16)20-22-18-12-7-6-11-17(18)21(24)23(20)15-9-4-3-5-10-15/h3-7,9-14,20,22H,2,8H2,1H3. The molecular formula is C21H20N2OS. The van der Waals surface area contributed by atoms with Crippen molar-refractivity contribution in [1.29, 1.82) is 0 Å². The molecule has 0 spiro atoms. The number of carbonyl (C=O) groups is 1. The number of aryl methyl sites for hydroxylation is 1. The van der Waals surface area contributed by atoms with Gasteiger partial charge in [-0.25, -0.2) is 0 Å². The highest BCUT2D eigenvalue weighted by Crippen LogP contribution is 2.38. The fourth-order valence-corrected chi connectivity index (χ4v) is 4.39. The highest BCUT2D eigenvalue weighted by atomic mass is 32.1. The van der Waals surface area contributed by atoms with Crippen LogP contribution in [0.15, 0.2) is 66.7 Å². The average molecular weight is 348 g/mol. The van der Waals surface area contributed by atoms with Gasteiger partial charge >= 0.3 is 0 Å². The van der Waals surface area contributed by atoms with Crippen LogP contribution in [0.4, 0.5) is 11.4 Å². The third-order valence-corrected chi connectivity index (χ3v) is 5.61. The number of benzene rings is 2. The summed E-state index contributed by atoms with van der Waals surface area (Å²) in [6, 6.07) is 21.9. The van der Waals surface area contributed by atoms with Crippen molar-refractivity contribution in [2.24, 2.45) is 0 Å². The van der Waals surface area contributed by atoms with E-state index in [4.69, 9.17) is 0 Å². The van der Waals surface area contributed by atoms with Crippen LogP contribution in [0.5, 0.6) is 0 Å². The lowest BCUT2D eigenvalue weighted by Crippen LogP contribution is -2.42. The molecule has 1 atom stereocenters. The van der Waals surface area contributed by atoms with Gasteiger partial charge in [-0.3, -0.25) is 9.69 Å². The predicted molar refractivity (Wildman–Crippen MR) is 104 cm³/mol. The van der Waals surface area contributed by atoms with E-state index in [1.807, 2.05) is 59.5 Å². The first-order valence-electron chi connectivity index (χ1n) is 8.60. The Hall–Kier alpha value is -2.59. The minimum atomic E-state index is -0.180. The first kappa shape index (κ1) is 15.9. The van der Waals surface area contributed by atoms with Gasteiger partial charge in [0.15, 0.2) is 0 Å². The van der Waals surface area contributed by atoms with Gasteiger partial charge in [-0.1, -0.05) is 43.7 Å². The summed E-state index contributed by atoms with van der Waals surface area (Å²) in [6.45, 7) is 2.19. The largest absolute Gasteiger partial charge is 0.360 e. The van der Waals surface area contributed by atoms with Gasteiger partial charge in [0.25, 0.3) is 5.91 Å². The fourth-order valence-electron chi connectivity index (χ4n) is 3.23. The molecule has 0 saturated heterocycles. The lowest BCUT2D eigenvalue weighted by molar-refractivity contribution is 0.0975. The lowest BCUT2D eigenvalue weighted by Gasteiger charge is -2.37. The summed E-state index contributed by atoms with van der Waals surface area (Å²) in [6.07, 6.45) is 2.02. The van der Waals surface area contributed by atoms with Crippen molar-refractivity contribution < 1.29 is 4.79 Å². The lowest BCUT2D eigenvalue weighted by atomic mass is 10.1. The highest BCUT2D eigenvalue weighted by molar-refractivity contribution is 7.12. The van der Waals surface area contributed by atoms with E-state index in [9.17, 15) is 4.79 Å². The monoisotopic (exact) mass is 348 g/mol. The molecule has 0 fully saturated rings. The highest BCUT2D eigenvalue weighted by Gasteiger charge is 2.34. The summed E-state index contributed by atoms with van der Waals surface area (Å²) in [5, 5.41) is 3.56. The minimum absolute atomic E-state index is 0.0380. The van der Waals surface area contributed by atoms with E-state index in [0.29, 0.717) is 5.56 Å². The Balaban J connectivity index is 1.80. The van der Waals surface area contributed by atoms with Gasteiger partial charge in [0.2, 0.25) is 0 Å². The number of nitrogens with one attached hydrogen (secondary N) is 1. The molecule has 0 radical (unpaired) electrons. The van der Waals surface area contributed by atoms with E-state index in [2.05, 4.69) is 24.4 Å². The summed E-state index contributed by atoms with van der Waals surface area (Å²) >= 11 is 1.78. The topological polar surface area (TPSA) is 32.3 Å². The number of hydrogen-bond acceptors (Lipinski definition) is 3. The average Bonchev–Trinajstić information content (AvgIpc) is 3.11. The Morgan fingerprint density at radius 2 is 1.76 bits per heavy atom. The minimum Gasteiger partial charge on any atom is -0.360 e. The molecule has 126 valence electrons. The number of thiophene rings is 1. The van der Waals surface area contributed by atoms with Gasteiger partial charge < -0.3 is 5.32 Å². The van der Waals surface area contributed by atoms with Crippen molar-refractivity contribution >= 4 is 28.6 Å². The molecule has 3 aromatic rings. The van der Waals surface area contributed by atoms with E-state index in [1.54, 1.807) is 11.3 Å². The van der Waals surface area contributed by atoms with Crippen LogP contribution in [0, 0.1) is 0 Å². The second-order valence-electron chi connectivity index (χ2n) is 6.16. The van der Waals surface area contributed by atoms with Crippen molar-refractivity contribution in [3.05, 3.63) is 82.0 Å². The summed E-state index contributed by atoms with van der Waals surface area (Å²) in [7, 11) is 0. The normalized spacial score (nSPS) is 16.4. The first-order valence-corrected chi connectivity index (χ1v) is 9.42. The molecule has 3 nitrogen and oxygen atoms in total. The van der Waals surface area contributed by atoms with Gasteiger partial charge in [0, 0.05) is 21.1 Å². The molecule has 0 bridgehead atoms. The number of rotatable bonds is 4. The zero-order chi connectivity index (χ0) is 17.2. The van der Waals surface area contributed by atoms with Crippen LogP contribution in [0.3, 0.4) is 0 Å². The fraction of sp³-hybridized carbons (Fsp3) is 0.190. The maximum atomic E-state index is 13.2. The van der Waals surface area contributed by atoms with Crippen molar-refractivity contribution in [1.82, 2.24) is 0 Å². The number of fused-ring (bicyclic) bond motifs is 1. The Kier molecular flexibility index (Phi) is 4.28. The molecule has 1 aliphatic rings. The first-order chi connectivity index (χ1) is 12.3. The maximum absolute atomic E-state index is 13.2. The van der Waals surface area contributed by atoms with Gasteiger partial charge in [-0.15, -0.1) is 11.3 Å². The number of hydrogen-bond donors (Lipinski definition) is 1. The number of carbonyl (C=O) groups excluding carboxylic acids is 1. The third-order valence-electron chi connectivity index (χ3n) is 4.41. The maximum Gasteiger partial charge on any atom is 0.262 e. The predicted octanol–water partition coefficient (Wildman–Crippen LogP) is 5.47. The molecule has 2 aromatic carbocycles. The van der Waals surface area contributed by atoms with E-state index in [0.717, 1.165) is 29.1 Å². The molecule has 1 amide bonds. The molecule has 1 N–H and O–H groups in total. The molecule has 1 unspecified atom stereocenters. The second kappa shape index (κ2) is 6.73. The van der Waals surface area contributed by atoms with E-state index >= 15 is 0 Å². The molecule has 2 heterocycles. The van der Waals surface area contributed by atoms with Crippen LogP contribution in [0.25, 0.3) is 0 Å². The summed E-state index contributed by atoms with van der Waals surface area (Å²) in [4.78, 5) is 17.6. The smallest absolute Gasteiger partial charge is 0.262 e. The molecule has 0 saturated carbocycles. The van der Waals surface area contributed by atoms with Gasteiger partial charge in [0.1, 0.15) is 6.17 Å². The SMILES string of the molecule is CCCc1ccc(C2Nc3ccccc3C(=O)N2c2ccccc2)s1. The number of amides is 1. The van der Waals surface area contributed by atoms with Crippen molar-refractivity contribution in [2.75, 3.05) is 10.2 Å². The summed E-state index contributed by atoms with van der Waals surface area (Å²) < 4.78 is 0. The van der Waals surface area contributed by atoms with Crippen LogP contribution in [-0.4, -0.2) is 5.91 Å². The molecule has 4 heteroatoms. The molecule has 25 heavy (non-hydrogen) atoms. The molecular weight excluding hydrogens is 328 g/mol. The number of para-hydroxylation sites is 2.